The van der Waals surface area contributed by atoms with Gasteiger partial charge in [-0.3, -0.25) is 19.7 Å². The van der Waals surface area contributed by atoms with Crippen molar-refractivity contribution in [3.05, 3.63) is 28.8 Å². The molecule has 2 amide bonds. The molecule has 9 nitrogen and oxygen atoms in total. The van der Waals surface area contributed by atoms with Crippen molar-refractivity contribution in [2.24, 2.45) is 0 Å². The first-order valence-electron chi connectivity index (χ1n) is 6.39. The summed E-state index contributed by atoms with van der Waals surface area (Å²) in [7, 11) is -1.77. The van der Waals surface area contributed by atoms with Crippen molar-refractivity contribution in [1.82, 2.24) is 9.79 Å². The van der Waals surface area contributed by atoms with Crippen LogP contribution < -0.4 is 5.32 Å². The predicted molar refractivity (Wildman–Crippen MR) is 82.5 cm³/mol. The highest BCUT2D eigenvalue weighted by atomic mass is 35.5. The van der Waals surface area contributed by atoms with E-state index in [1.54, 1.807) is 0 Å². The van der Waals surface area contributed by atoms with Gasteiger partial charge in [-0.25, -0.2) is 13.2 Å². The molecular formula is C13H15ClN2O7S. The summed E-state index contributed by atoms with van der Waals surface area (Å²) in [6, 6.07) is 3.43. The van der Waals surface area contributed by atoms with Gasteiger partial charge in [0.15, 0.2) is 6.61 Å². The fourth-order valence-corrected chi connectivity index (χ4v) is 2.99. The fraction of sp³-hybridized carbons (Fsp3) is 0.308. The molecule has 0 radical (unpaired) electrons. The van der Waals surface area contributed by atoms with E-state index in [2.05, 4.69) is 4.84 Å². The molecule has 0 saturated heterocycles. The molecule has 132 valence electrons. The first-order valence-corrected chi connectivity index (χ1v) is 8.21. The Morgan fingerprint density at radius 1 is 1.29 bits per heavy atom. The number of nitrogens with zero attached hydrogens (tertiary/aromatic N) is 1. The maximum absolute atomic E-state index is 12.2. The SMILES string of the molecule is CON(C)S(=O)(=O)c1cc(C(=O)OCC(=O)NC(C)=O)ccc1Cl. The van der Waals surface area contributed by atoms with Gasteiger partial charge in [0.25, 0.3) is 15.9 Å². The molecule has 0 atom stereocenters. The lowest BCUT2D eigenvalue weighted by Crippen LogP contribution is -2.32. The van der Waals surface area contributed by atoms with Crippen LogP contribution in [0, 0.1) is 0 Å². The number of hydrogen-bond donors (Lipinski definition) is 1. The van der Waals surface area contributed by atoms with Gasteiger partial charge in [0, 0.05) is 14.0 Å². The molecule has 0 fully saturated rings. The monoisotopic (exact) mass is 378 g/mol. The Bertz CT molecular complexity index is 764. The molecule has 0 aliphatic carbocycles. The Kier molecular flexibility index (Phi) is 6.84. The second kappa shape index (κ2) is 8.20. The van der Waals surface area contributed by atoms with Gasteiger partial charge in [-0.15, -0.1) is 0 Å². The quantitative estimate of drug-likeness (QED) is 0.560. The van der Waals surface area contributed by atoms with Crippen LogP contribution in [0.5, 0.6) is 0 Å². The second-order valence-electron chi connectivity index (χ2n) is 4.42. The number of halogens is 1. The van der Waals surface area contributed by atoms with Crippen molar-refractivity contribution in [2.75, 3.05) is 20.8 Å². The van der Waals surface area contributed by atoms with E-state index in [0.717, 1.165) is 27.1 Å². The smallest absolute Gasteiger partial charge is 0.338 e. The molecule has 0 aliphatic rings. The topological polar surface area (TPSA) is 119 Å². The highest BCUT2D eigenvalue weighted by molar-refractivity contribution is 7.89. The van der Waals surface area contributed by atoms with Crippen LogP contribution >= 0.6 is 11.6 Å². The summed E-state index contributed by atoms with van der Waals surface area (Å²) in [6.45, 7) is 0.434. The summed E-state index contributed by atoms with van der Waals surface area (Å²) >= 11 is 5.86. The lowest BCUT2D eigenvalue weighted by molar-refractivity contribution is -0.131. The van der Waals surface area contributed by atoms with Crippen LogP contribution in [0.15, 0.2) is 23.1 Å². The summed E-state index contributed by atoms with van der Waals surface area (Å²) < 4.78 is 29.7. The van der Waals surface area contributed by atoms with Gasteiger partial charge in [-0.2, -0.15) is 0 Å². The van der Waals surface area contributed by atoms with Crippen molar-refractivity contribution < 1.29 is 32.4 Å². The van der Waals surface area contributed by atoms with Gasteiger partial charge in [0.05, 0.1) is 17.7 Å². The Labute approximate surface area is 143 Å². The minimum atomic E-state index is -4.08. The van der Waals surface area contributed by atoms with Gasteiger partial charge in [0.1, 0.15) is 4.90 Å². The van der Waals surface area contributed by atoms with Gasteiger partial charge >= 0.3 is 5.97 Å². The molecule has 11 heteroatoms. The zero-order valence-electron chi connectivity index (χ0n) is 13.0. The van der Waals surface area contributed by atoms with E-state index in [0.29, 0.717) is 4.47 Å². The van der Waals surface area contributed by atoms with Crippen LogP contribution in [0.2, 0.25) is 5.02 Å². The number of nitrogens with one attached hydrogen (secondary N) is 1. The molecule has 1 N–H and O–H groups in total. The maximum atomic E-state index is 12.2. The van der Waals surface area contributed by atoms with Crippen LogP contribution in [-0.2, 0) is 29.2 Å². The molecule has 0 aliphatic heterocycles. The molecule has 0 unspecified atom stereocenters. The minimum absolute atomic E-state index is 0.121. The van der Waals surface area contributed by atoms with E-state index < -0.39 is 34.4 Å². The highest BCUT2D eigenvalue weighted by Crippen LogP contribution is 2.25. The van der Waals surface area contributed by atoms with Crippen LogP contribution in [0.25, 0.3) is 0 Å². The molecular weight excluding hydrogens is 364 g/mol. The van der Waals surface area contributed by atoms with Crippen molar-refractivity contribution in [3.63, 3.8) is 0 Å². The van der Waals surface area contributed by atoms with E-state index in [1.807, 2.05) is 5.32 Å². The first-order chi connectivity index (χ1) is 11.1. The third-order valence-electron chi connectivity index (χ3n) is 2.69. The summed E-state index contributed by atoms with van der Waals surface area (Å²) in [5.74, 6) is -2.36. The van der Waals surface area contributed by atoms with Crippen molar-refractivity contribution >= 4 is 39.4 Å². The van der Waals surface area contributed by atoms with Gasteiger partial charge in [0.2, 0.25) is 5.91 Å². The van der Waals surface area contributed by atoms with E-state index in [1.165, 1.54) is 12.1 Å². The number of rotatable bonds is 6. The third-order valence-corrected chi connectivity index (χ3v) is 4.85. The average molecular weight is 379 g/mol. The van der Waals surface area contributed by atoms with Gasteiger partial charge < -0.3 is 4.74 Å². The largest absolute Gasteiger partial charge is 0.452 e. The average Bonchev–Trinajstić information content (AvgIpc) is 2.51. The standard InChI is InChI=1S/C13H15ClN2O7S/c1-8(17)15-12(18)7-23-13(19)9-4-5-10(14)11(6-9)24(20,21)16(2)22-3/h4-6H,7H2,1-3H3,(H,15,17,18). The van der Waals surface area contributed by atoms with Crippen LogP contribution in [0.4, 0.5) is 0 Å². The highest BCUT2D eigenvalue weighted by Gasteiger charge is 2.25. The number of sulfonamides is 1. The van der Waals surface area contributed by atoms with Gasteiger partial charge in [-0.05, 0) is 18.2 Å². The molecule has 0 spiro atoms. The van der Waals surface area contributed by atoms with E-state index in [-0.39, 0.29) is 15.5 Å². The summed E-state index contributed by atoms with van der Waals surface area (Å²) in [5.41, 5.74) is -0.141. The number of hydroxylamine groups is 1. The Morgan fingerprint density at radius 2 is 1.92 bits per heavy atom. The molecule has 0 aromatic heterocycles. The molecule has 24 heavy (non-hydrogen) atoms. The molecule has 1 aromatic rings. The number of esters is 1. The van der Waals surface area contributed by atoms with Gasteiger partial charge in [-0.1, -0.05) is 16.1 Å². The lowest BCUT2D eigenvalue weighted by atomic mass is 10.2. The Hall–Kier alpha value is -2.01. The van der Waals surface area contributed by atoms with Crippen molar-refractivity contribution in [3.8, 4) is 0 Å². The van der Waals surface area contributed by atoms with E-state index in [9.17, 15) is 22.8 Å². The Balaban J connectivity index is 2.99. The number of hydrogen-bond acceptors (Lipinski definition) is 7. The molecule has 0 bridgehead atoms. The second-order valence-corrected chi connectivity index (χ2v) is 6.73. The minimum Gasteiger partial charge on any atom is -0.452 e. The molecule has 0 saturated carbocycles. The van der Waals surface area contributed by atoms with Crippen LogP contribution in [0.3, 0.4) is 0 Å². The normalized spacial score (nSPS) is 11.2. The fourth-order valence-electron chi connectivity index (χ4n) is 1.51. The number of ether oxygens (including phenoxy) is 1. The van der Waals surface area contributed by atoms with Crippen molar-refractivity contribution in [2.45, 2.75) is 11.8 Å². The zero-order valence-corrected chi connectivity index (χ0v) is 14.6. The number of amides is 2. The predicted octanol–water partition coefficient (Wildman–Crippen LogP) is 0.341. The lowest BCUT2D eigenvalue weighted by Gasteiger charge is -2.15. The first kappa shape index (κ1) is 20.0. The molecule has 0 heterocycles. The number of benzene rings is 1. The van der Waals surface area contributed by atoms with Crippen molar-refractivity contribution in [1.29, 1.82) is 0 Å². The Morgan fingerprint density at radius 3 is 2.46 bits per heavy atom. The van der Waals surface area contributed by atoms with Crippen LogP contribution in [-0.4, -0.2) is 51.4 Å². The number of carbonyl (C=O) groups excluding carboxylic acids is 3. The summed E-state index contributed by atoms with van der Waals surface area (Å²) in [6.07, 6.45) is 0. The summed E-state index contributed by atoms with van der Waals surface area (Å²) in [4.78, 5) is 38.1. The summed E-state index contributed by atoms with van der Waals surface area (Å²) in [5, 5.41) is 1.80. The maximum Gasteiger partial charge on any atom is 0.338 e. The third kappa shape index (κ3) is 4.99. The van der Waals surface area contributed by atoms with E-state index >= 15 is 0 Å². The molecule has 1 aromatic carbocycles. The zero-order chi connectivity index (χ0) is 18.5. The number of imide groups is 1. The van der Waals surface area contributed by atoms with Crippen LogP contribution in [0.1, 0.15) is 17.3 Å². The molecule has 1 rings (SSSR count). The number of carbonyl (C=O) groups is 3. The van der Waals surface area contributed by atoms with E-state index in [4.69, 9.17) is 16.3 Å².